The van der Waals surface area contributed by atoms with Gasteiger partial charge in [-0.1, -0.05) is 13.8 Å². The van der Waals surface area contributed by atoms with E-state index < -0.39 is 0 Å². The van der Waals surface area contributed by atoms with Gasteiger partial charge in [0.1, 0.15) is 10.8 Å². The minimum absolute atomic E-state index is 0.0290. The van der Waals surface area contributed by atoms with Crippen molar-refractivity contribution in [1.29, 1.82) is 0 Å². The maximum Gasteiger partial charge on any atom is 0.175 e. The predicted octanol–water partition coefficient (Wildman–Crippen LogP) is 4.87. The first-order valence-electron chi connectivity index (χ1n) is 6.34. The fourth-order valence-corrected chi connectivity index (χ4v) is 3.87. The second kappa shape index (κ2) is 4.74. The topological polar surface area (TPSA) is 30.0 Å². The largest absolute Gasteiger partial charge is 0.293 e. The van der Waals surface area contributed by atoms with Gasteiger partial charge in [0, 0.05) is 12.0 Å². The van der Waals surface area contributed by atoms with Crippen LogP contribution in [0.15, 0.2) is 22.7 Å². The number of carbonyl (C=O) groups is 1. The molecule has 1 aliphatic carbocycles. The van der Waals surface area contributed by atoms with E-state index in [-0.39, 0.29) is 17.0 Å². The van der Waals surface area contributed by atoms with Gasteiger partial charge in [0.25, 0.3) is 0 Å². The van der Waals surface area contributed by atoms with Gasteiger partial charge in [-0.25, -0.2) is 9.37 Å². The highest BCUT2D eigenvalue weighted by Crippen LogP contribution is 2.39. The van der Waals surface area contributed by atoms with Crippen LogP contribution in [0.1, 0.15) is 35.6 Å². The number of ketones is 1. The molecule has 3 rings (SSSR count). The zero-order chi connectivity index (χ0) is 14.5. The lowest BCUT2D eigenvalue weighted by Gasteiger charge is -2.26. The van der Waals surface area contributed by atoms with Gasteiger partial charge in [-0.15, -0.1) is 11.3 Å². The molecule has 1 aromatic heterocycles. The third-order valence-corrected chi connectivity index (χ3v) is 5.20. The highest BCUT2D eigenvalue weighted by Gasteiger charge is 2.33. The van der Waals surface area contributed by atoms with Crippen LogP contribution in [-0.4, -0.2) is 10.8 Å². The summed E-state index contributed by atoms with van der Waals surface area (Å²) in [7, 11) is 0. The Labute approximate surface area is 129 Å². The molecule has 0 saturated heterocycles. The van der Waals surface area contributed by atoms with Crippen LogP contribution < -0.4 is 0 Å². The summed E-state index contributed by atoms with van der Waals surface area (Å²) in [6.07, 6.45) is 1.38. The van der Waals surface area contributed by atoms with Crippen LogP contribution in [0.4, 0.5) is 4.39 Å². The van der Waals surface area contributed by atoms with Gasteiger partial charge < -0.3 is 0 Å². The summed E-state index contributed by atoms with van der Waals surface area (Å²) in [4.78, 5) is 17.5. The van der Waals surface area contributed by atoms with E-state index in [1.807, 2.05) is 0 Å². The third kappa shape index (κ3) is 2.44. The Balaban J connectivity index is 2.05. The zero-order valence-corrected chi connectivity index (χ0v) is 13.6. The minimum Gasteiger partial charge on any atom is -0.293 e. The molecule has 1 aliphatic rings. The van der Waals surface area contributed by atoms with E-state index in [9.17, 15) is 9.18 Å². The van der Waals surface area contributed by atoms with Crippen molar-refractivity contribution in [3.63, 3.8) is 0 Å². The van der Waals surface area contributed by atoms with Crippen LogP contribution >= 0.6 is 27.3 Å². The Hall–Kier alpha value is -1.07. The SMILES string of the molecule is CC1(C)CC(=O)c2sc(-c3ccc(F)c(Br)c3)nc2C1. The molecule has 0 fully saturated rings. The van der Waals surface area contributed by atoms with Crippen molar-refractivity contribution in [2.24, 2.45) is 5.41 Å². The number of benzene rings is 1. The van der Waals surface area contributed by atoms with Crippen LogP contribution in [0, 0.1) is 11.2 Å². The maximum atomic E-state index is 13.3. The molecule has 5 heteroatoms. The number of nitrogens with zero attached hydrogens (tertiary/aromatic N) is 1. The number of fused-ring (bicyclic) bond motifs is 1. The quantitative estimate of drug-likeness (QED) is 0.732. The van der Waals surface area contributed by atoms with Crippen molar-refractivity contribution >= 4 is 33.0 Å². The van der Waals surface area contributed by atoms with Crippen LogP contribution in [0.3, 0.4) is 0 Å². The average Bonchev–Trinajstić information content (AvgIpc) is 2.75. The molecule has 0 N–H and O–H groups in total. The first-order valence-corrected chi connectivity index (χ1v) is 7.95. The Morgan fingerprint density at radius 2 is 2.10 bits per heavy atom. The van der Waals surface area contributed by atoms with Gasteiger partial charge in [0.2, 0.25) is 0 Å². The molecule has 1 aromatic carbocycles. The van der Waals surface area contributed by atoms with Gasteiger partial charge in [-0.2, -0.15) is 0 Å². The summed E-state index contributed by atoms with van der Waals surface area (Å²) < 4.78 is 13.7. The number of hydrogen-bond donors (Lipinski definition) is 0. The molecule has 20 heavy (non-hydrogen) atoms. The van der Waals surface area contributed by atoms with E-state index in [4.69, 9.17) is 0 Å². The molecular weight excluding hydrogens is 341 g/mol. The molecule has 1 heterocycles. The van der Waals surface area contributed by atoms with E-state index in [0.717, 1.165) is 27.6 Å². The lowest BCUT2D eigenvalue weighted by Crippen LogP contribution is -2.25. The van der Waals surface area contributed by atoms with E-state index in [2.05, 4.69) is 34.8 Å². The Morgan fingerprint density at radius 1 is 1.35 bits per heavy atom. The van der Waals surface area contributed by atoms with Gasteiger partial charge in [0.05, 0.1) is 15.0 Å². The van der Waals surface area contributed by atoms with Crippen molar-refractivity contribution < 1.29 is 9.18 Å². The van der Waals surface area contributed by atoms with Crippen molar-refractivity contribution in [3.8, 4) is 10.6 Å². The molecule has 0 spiro atoms. The van der Waals surface area contributed by atoms with E-state index in [1.54, 1.807) is 12.1 Å². The fraction of sp³-hybridized carbons (Fsp3) is 0.333. The van der Waals surface area contributed by atoms with Gasteiger partial charge in [-0.3, -0.25) is 4.79 Å². The van der Waals surface area contributed by atoms with E-state index >= 15 is 0 Å². The third-order valence-electron chi connectivity index (χ3n) is 3.40. The predicted molar refractivity (Wildman–Crippen MR) is 81.6 cm³/mol. The van der Waals surface area contributed by atoms with E-state index in [0.29, 0.717) is 10.9 Å². The number of aromatic nitrogens is 1. The number of halogens is 2. The highest BCUT2D eigenvalue weighted by atomic mass is 79.9. The second-order valence-corrected chi connectivity index (χ2v) is 7.72. The van der Waals surface area contributed by atoms with Crippen molar-refractivity contribution in [1.82, 2.24) is 4.98 Å². The highest BCUT2D eigenvalue weighted by molar-refractivity contribution is 9.10. The Kier molecular flexibility index (Phi) is 3.29. The molecule has 0 saturated carbocycles. The van der Waals surface area contributed by atoms with Crippen LogP contribution in [-0.2, 0) is 6.42 Å². The molecule has 2 aromatic rings. The maximum absolute atomic E-state index is 13.3. The van der Waals surface area contributed by atoms with Crippen molar-refractivity contribution in [2.75, 3.05) is 0 Å². The molecule has 104 valence electrons. The molecular formula is C15H13BrFNOS. The van der Waals surface area contributed by atoms with Crippen LogP contribution in [0.5, 0.6) is 0 Å². The summed E-state index contributed by atoms with van der Waals surface area (Å²) in [5.74, 6) is -0.131. The average molecular weight is 354 g/mol. The molecule has 0 radical (unpaired) electrons. The van der Waals surface area contributed by atoms with Crippen LogP contribution in [0.2, 0.25) is 0 Å². The normalized spacial score (nSPS) is 17.1. The number of rotatable bonds is 1. The first kappa shape index (κ1) is 13.9. The molecule has 0 bridgehead atoms. The fourth-order valence-electron chi connectivity index (χ4n) is 2.47. The molecule has 0 amide bonds. The smallest absolute Gasteiger partial charge is 0.175 e. The Bertz CT molecular complexity index is 708. The summed E-state index contributed by atoms with van der Waals surface area (Å²) in [5, 5.41) is 0.779. The Morgan fingerprint density at radius 3 is 2.80 bits per heavy atom. The number of Topliss-reactive ketones (excluding diaryl/α,β-unsaturated/α-hetero) is 1. The molecule has 0 atom stereocenters. The standard InChI is InChI=1S/C15H13BrFNOS/c1-15(2)6-11-13(12(19)7-15)20-14(18-11)8-3-4-10(17)9(16)5-8/h3-5H,6-7H2,1-2H3. The summed E-state index contributed by atoms with van der Waals surface area (Å²) in [6.45, 7) is 4.17. The number of carbonyl (C=O) groups excluding carboxylic acids is 1. The van der Waals surface area contributed by atoms with Crippen LogP contribution in [0.25, 0.3) is 10.6 Å². The summed E-state index contributed by atoms with van der Waals surface area (Å²) >= 11 is 4.59. The molecule has 0 aliphatic heterocycles. The second-order valence-electron chi connectivity index (χ2n) is 5.86. The number of hydrogen-bond acceptors (Lipinski definition) is 3. The monoisotopic (exact) mass is 353 g/mol. The number of thiazole rings is 1. The van der Waals surface area contributed by atoms with Crippen molar-refractivity contribution in [2.45, 2.75) is 26.7 Å². The minimum atomic E-state index is -0.299. The van der Waals surface area contributed by atoms with Gasteiger partial charge >= 0.3 is 0 Å². The summed E-state index contributed by atoms with van der Waals surface area (Å²) in [6, 6.07) is 4.81. The lowest BCUT2D eigenvalue weighted by molar-refractivity contribution is 0.0916. The lowest BCUT2D eigenvalue weighted by atomic mass is 9.78. The van der Waals surface area contributed by atoms with E-state index in [1.165, 1.54) is 17.4 Å². The zero-order valence-electron chi connectivity index (χ0n) is 11.2. The first-order chi connectivity index (χ1) is 9.35. The van der Waals surface area contributed by atoms with Gasteiger partial charge in [-0.05, 0) is 46.0 Å². The van der Waals surface area contributed by atoms with Crippen molar-refractivity contribution in [3.05, 3.63) is 39.1 Å². The summed E-state index contributed by atoms with van der Waals surface area (Å²) in [5.41, 5.74) is 1.69. The molecule has 2 nitrogen and oxygen atoms in total. The van der Waals surface area contributed by atoms with Gasteiger partial charge in [0.15, 0.2) is 5.78 Å². The molecule has 0 unspecified atom stereocenters.